The Morgan fingerprint density at radius 3 is 2.67 bits per heavy atom. The molecule has 30 heavy (non-hydrogen) atoms. The third-order valence-corrected chi connectivity index (χ3v) is 7.77. The number of aliphatic hydroxyl groups excluding tert-OH is 1. The second-order valence-corrected chi connectivity index (χ2v) is 9.68. The second-order valence-electron chi connectivity index (χ2n) is 7.77. The van der Waals surface area contributed by atoms with Crippen molar-refractivity contribution in [1.29, 1.82) is 0 Å². The van der Waals surface area contributed by atoms with Crippen LogP contribution in [-0.2, 0) is 10.0 Å². The van der Waals surface area contributed by atoms with Crippen molar-refractivity contribution in [3.8, 4) is 17.0 Å². The van der Waals surface area contributed by atoms with Gasteiger partial charge in [0.2, 0.25) is 10.0 Å². The number of aromatic nitrogens is 2. The van der Waals surface area contributed by atoms with E-state index in [0.717, 1.165) is 23.0 Å². The summed E-state index contributed by atoms with van der Waals surface area (Å²) < 4.78 is 33.5. The van der Waals surface area contributed by atoms with Crippen LogP contribution in [0.2, 0.25) is 0 Å². The molecule has 0 radical (unpaired) electrons. The summed E-state index contributed by atoms with van der Waals surface area (Å²) in [7, 11) is -2.21. The molecule has 2 aromatic heterocycles. The molecular formula is C21H24N4O4S. The van der Waals surface area contributed by atoms with Crippen LogP contribution < -0.4 is 9.64 Å². The van der Waals surface area contributed by atoms with Gasteiger partial charge in [0.25, 0.3) is 0 Å². The number of anilines is 1. The third-order valence-electron chi connectivity index (χ3n) is 5.88. The summed E-state index contributed by atoms with van der Waals surface area (Å²) in [5.41, 5.74) is 2.28. The fraction of sp³-hybridized carbons (Fsp3) is 0.381. The zero-order chi connectivity index (χ0) is 20.9. The summed E-state index contributed by atoms with van der Waals surface area (Å²) in [5, 5.41) is 11.1. The maximum atomic E-state index is 13.2. The number of benzene rings is 1. The average Bonchev–Trinajstić information content (AvgIpc) is 3.30. The molecule has 8 nitrogen and oxygen atoms in total. The molecule has 0 bridgehead atoms. The topological polar surface area (TPSA) is 98.8 Å². The average molecular weight is 429 g/mol. The summed E-state index contributed by atoms with van der Waals surface area (Å²) in [6.45, 7) is 2.10. The molecule has 0 aliphatic carbocycles. The highest BCUT2D eigenvalue weighted by molar-refractivity contribution is 7.89. The molecule has 0 saturated carbocycles. The maximum absolute atomic E-state index is 13.2. The van der Waals surface area contributed by atoms with Crippen molar-refractivity contribution in [1.82, 2.24) is 14.3 Å². The van der Waals surface area contributed by atoms with Gasteiger partial charge in [0.1, 0.15) is 10.7 Å². The third kappa shape index (κ3) is 3.05. The Morgan fingerprint density at radius 1 is 1.23 bits per heavy atom. The molecule has 2 saturated heterocycles. The number of hydrogen-bond donors (Lipinski definition) is 2. The Kier molecular flexibility index (Phi) is 4.68. The van der Waals surface area contributed by atoms with Crippen LogP contribution in [0.15, 0.2) is 41.4 Å². The quantitative estimate of drug-likeness (QED) is 0.647. The number of fused-ring (bicyclic) bond motifs is 1. The number of methoxy groups -OCH3 is 1. The van der Waals surface area contributed by atoms with Gasteiger partial charge in [-0.2, -0.15) is 4.31 Å². The zero-order valence-corrected chi connectivity index (χ0v) is 17.5. The lowest BCUT2D eigenvalue weighted by atomic mass is 10.1. The first-order valence-electron chi connectivity index (χ1n) is 10.1. The number of aromatic amines is 1. The van der Waals surface area contributed by atoms with Gasteiger partial charge in [-0.15, -0.1) is 0 Å². The number of rotatable bonds is 5. The summed E-state index contributed by atoms with van der Waals surface area (Å²) >= 11 is 0. The van der Waals surface area contributed by atoms with Crippen molar-refractivity contribution < 1.29 is 18.3 Å². The number of hydrogen-bond acceptors (Lipinski definition) is 6. The van der Waals surface area contributed by atoms with Crippen molar-refractivity contribution in [3.63, 3.8) is 0 Å². The van der Waals surface area contributed by atoms with Crippen molar-refractivity contribution in [2.45, 2.75) is 23.8 Å². The Bertz CT molecular complexity index is 1170. The van der Waals surface area contributed by atoms with E-state index in [4.69, 9.17) is 4.74 Å². The molecular weight excluding hydrogens is 404 g/mol. The van der Waals surface area contributed by atoms with Crippen LogP contribution in [0.5, 0.6) is 5.75 Å². The SMILES string of the molecule is COc1c(S(=O)(=O)N2CCC2)cnc(N2CCC(O)C2)c1-c1cc2ccccc2[nH]1. The first-order valence-corrected chi connectivity index (χ1v) is 11.5. The number of H-pyrrole nitrogens is 1. The molecule has 1 unspecified atom stereocenters. The van der Waals surface area contributed by atoms with Crippen LogP contribution >= 0.6 is 0 Å². The van der Waals surface area contributed by atoms with Gasteiger partial charge in [-0.25, -0.2) is 13.4 Å². The van der Waals surface area contributed by atoms with Crippen LogP contribution in [0, 0.1) is 0 Å². The smallest absolute Gasteiger partial charge is 0.248 e. The second kappa shape index (κ2) is 7.26. The molecule has 4 heterocycles. The minimum Gasteiger partial charge on any atom is -0.494 e. The van der Waals surface area contributed by atoms with Gasteiger partial charge in [-0.1, -0.05) is 18.2 Å². The molecule has 1 atom stereocenters. The van der Waals surface area contributed by atoms with E-state index in [1.165, 1.54) is 17.6 Å². The number of ether oxygens (including phenoxy) is 1. The normalized spacial score (nSPS) is 19.9. The predicted octanol–water partition coefficient (Wildman–Crippen LogP) is 2.20. The van der Waals surface area contributed by atoms with Crippen molar-refractivity contribution in [2.24, 2.45) is 0 Å². The molecule has 1 aromatic carbocycles. The minimum atomic E-state index is -3.69. The van der Waals surface area contributed by atoms with Gasteiger partial charge in [-0.05, 0) is 25.0 Å². The van der Waals surface area contributed by atoms with Gasteiger partial charge in [0, 0.05) is 37.1 Å². The maximum Gasteiger partial charge on any atom is 0.248 e. The van der Waals surface area contributed by atoms with Gasteiger partial charge in [0.05, 0.1) is 30.7 Å². The Hall–Kier alpha value is -2.62. The van der Waals surface area contributed by atoms with Gasteiger partial charge in [-0.3, -0.25) is 0 Å². The van der Waals surface area contributed by atoms with Crippen molar-refractivity contribution in [3.05, 3.63) is 36.5 Å². The number of β-amino-alcohol motifs (C(OH)–C–C–N with tert-alkyl or cyclic N) is 1. The Labute approximate surface area is 175 Å². The fourth-order valence-electron chi connectivity index (χ4n) is 4.15. The molecule has 0 amide bonds. The molecule has 158 valence electrons. The highest BCUT2D eigenvalue weighted by Crippen LogP contribution is 2.43. The number of sulfonamides is 1. The fourth-order valence-corrected chi connectivity index (χ4v) is 5.77. The summed E-state index contributed by atoms with van der Waals surface area (Å²) in [5.74, 6) is 0.886. The van der Waals surface area contributed by atoms with E-state index in [0.29, 0.717) is 44.0 Å². The lowest BCUT2D eigenvalue weighted by Crippen LogP contribution is -2.42. The number of pyridine rings is 1. The number of nitrogens with one attached hydrogen (secondary N) is 1. The van der Waals surface area contributed by atoms with E-state index in [-0.39, 0.29) is 10.6 Å². The molecule has 2 aliphatic rings. The number of para-hydroxylation sites is 1. The molecule has 2 aliphatic heterocycles. The van der Waals surface area contributed by atoms with E-state index >= 15 is 0 Å². The van der Waals surface area contributed by atoms with Gasteiger partial charge >= 0.3 is 0 Å². The predicted molar refractivity (Wildman–Crippen MR) is 114 cm³/mol. The molecule has 9 heteroatoms. The van der Waals surface area contributed by atoms with Gasteiger partial charge in [0.15, 0.2) is 5.75 Å². The van der Waals surface area contributed by atoms with E-state index in [1.807, 2.05) is 35.2 Å². The number of aliphatic hydroxyl groups is 1. The highest BCUT2D eigenvalue weighted by Gasteiger charge is 2.36. The van der Waals surface area contributed by atoms with Crippen molar-refractivity contribution in [2.75, 3.05) is 38.2 Å². The molecule has 2 fully saturated rings. The zero-order valence-electron chi connectivity index (χ0n) is 16.7. The van der Waals surface area contributed by atoms with E-state index < -0.39 is 16.1 Å². The van der Waals surface area contributed by atoms with Gasteiger partial charge < -0.3 is 19.7 Å². The van der Waals surface area contributed by atoms with E-state index in [1.54, 1.807) is 0 Å². The molecule has 5 rings (SSSR count). The minimum absolute atomic E-state index is 0.0712. The van der Waals surface area contributed by atoms with Crippen molar-refractivity contribution >= 4 is 26.7 Å². The van der Waals surface area contributed by atoms with Crippen LogP contribution in [0.3, 0.4) is 0 Å². The standard InChI is InChI=1S/C21H24N4O4S/c1-29-20-18(30(27,28)25-8-4-9-25)12-22-21(24-10-7-15(26)13-24)19(20)17-11-14-5-2-3-6-16(14)23-17/h2-3,5-6,11-12,15,23,26H,4,7-10,13H2,1H3. The Balaban J connectivity index is 1.74. The van der Waals surface area contributed by atoms with Crippen LogP contribution in [0.1, 0.15) is 12.8 Å². The van der Waals surface area contributed by atoms with Crippen LogP contribution in [0.4, 0.5) is 5.82 Å². The first kappa shape index (κ1) is 19.3. The van der Waals surface area contributed by atoms with E-state index in [9.17, 15) is 13.5 Å². The lowest BCUT2D eigenvalue weighted by Gasteiger charge is -2.31. The molecule has 3 aromatic rings. The Morgan fingerprint density at radius 2 is 2.03 bits per heavy atom. The summed E-state index contributed by atoms with van der Waals surface area (Å²) in [4.78, 5) is 10.00. The summed E-state index contributed by atoms with van der Waals surface area (Å²) in [6, 6.07) is 9.84. The molecule has 0 spiro atoms. The first-order chi connectivity index (χ1) is 14.5. The van der Waals surface area contributed by atoms with Crippen LogP contribution in [0.25, 0.3) is 22.2 Å². The summed E-state index contributed by atoms with van der Waals surface area (Å²) in [6.07, 6.45) is 2.45. The van der Waals surface area contributed by atoms with Crippen LogP contribution in [-0.4, -0.2) is 67.2 Å². The van der Waals surface area contributed by atoms with E-state index in [2.05, 4.69) is 9.97 Å². The lowest BCUT2D eigenvalue weighted by molar-refractivity contribution is 0.198. The highest BCUT2D eigenvalue weighted by atomic mass is 32.2. The monoisotopic (exact) mass is 428 g/mol. The number of nitrogens with zero attached hydrogens (tertiary/aromatic N) is 3. The molecule has 2 N–H and O–H groups in total. The largest absolute Gasteiger partial charge is 0.494 e.